The molecule has 4 heterocycles. The fraction of sp³-hybridized carbons (Fsp3) is 0.526. The van der Waals surface area contributed by atoms with E-state index in [1.54, 1.807) is 0 Å². The molecular weight excluding hydrogens is 332 g/mol. The number of hydrogen-bond acceptors (Lipinski definition) is 6. The van der Waals surface area contributed by atoms with Gasteiger partial charge in [0.15, 0.2) is 0 Å². The Labute approximate surface area is 153 Å². The van der Waals surface area contributed by atoms with Gasteiger partial charge in [0.25, 0.3) is 0 Å². The molecule has 2 atom stereocenters. The SMILES string of the molecule is Cc1ccsc1CN1C[C@H](O)[C@@H](N2CCN(c3ccccn3)CC2)C1. The third kappa shape index (κ3) is 3.72. The van der Waals surface area contributed by atoms with Gasteiger partial charge in [-0.15, -0.1) is 11.3 Å². The average molecular weight is 359 g/mol. The van der Waals surface area contributed by atoms with Crippen molar-refractivity contribution >= 4 is 17.2 Å². The number of pyridine rings is 1. The minimum atomic E-state index is -0.248. The lowest BCUT2D eigenvalue weighted by atomic mass is 10.1. The molecule has 0 radical (unpaired) electrons. The Kier molecular flexibility index (Phi) is 5.03. The number of anilines is 1. The van der Waals surface area contributed by atoms with E-state index in [9.17, 15) is 5.11 Å². The van der Waals surface area contributed by atoms with Crippen molar-refractivity contribution in [2.75, 3.05) is 44.2 Å². The first-order valence-electron chi connectivity index (χ1n) is 9.04. The summed E-state index contributed by atoms with van der Waals surface area (Å²) in [5.74, 6) is 1.06. The first-order valence-corrected chi connectivity index (χ1v) is 9.92. The van der Waals surface area contributed by atoms with Gasteiger partial charge in [-0.25, -0.2) is 4.98 Å². The lowest BCUT2D eigenvalue weighted by Crippen LogP contribution is -2.53. The van der Waals surface area contributed by atoms with Crippen LogP contribution in [0, 0.1) is 6.92 Å². The second-order valence-corrected chi connectivity index (χ2v) is 8.07. The van der Waals surface area contributed by atoms with Gasteiger partial charge >= 0.3 is 0 Å². The van der Waals surface area contributed by atoms with E-state index < -0.39 is 0 Å². The Bertz CT molecular complexity index is 684. The Balaban J connectivity index is 1.33. The Hall–Kier alpha value is -1.47. The molecule has 2 aromatic rings. The predicted octanol–water partition coefficient (Wildman–Crippen LogP) is 1.82. The summed E-state index contributed by atoms with van der Waals surface area (Å²) in [6.07, 6.45) is 1.61. The maximum atomic E-state index is 10.6. The maximum Gasteiger partial charge on any atom is 0.128 e. The number of aliphatic hydroxyl groups excluding tert-OH is 1. The van der Waals surface area contributed by atoms with Crippen LogP contribution in [-0.2, 0) is 6.54 Å². The monoisotopic (exact) mass is 358 g/mol. The molecule has 134 valence electrons. The van der Waals surface area contributed by atoms with E-state index in [1.807, 2.05) is 29.7 Å². The molecule has 5 nitrogen and oxygen atoms in total. The van der Waals surface area contributed by atoms with Gasteiger partial charge < -0.3 is 10.0 Å². The smallest absolute Gasteiger partial charge is 0.128 e. The van der Waals surface area contributed by atoms with Crippen LogP contribution in [0.4, 0.5) is 5.82 Å². The van der Waals surface area contributed by atoms with Crippen molar-refractivity contribution in [1.82, 2.24) is 14.8 Å². The number of hydrogen-bond donors (Lipinski definition) is 1. The highest BCUT2D eigenvalue weighted by Crippen LogP contribution is 2.24. The molecule has 2 aliphatic rings. The summed E-state index contributed by atoms with van der Waals surface area (Å²) in [6.45, 7) is 8.81. The first kappa shape index (κ1) is 17.0. The summed E-state index contributed by atoms with van der Waals surface area (Å²) in [4.78, 5) is 13.1. The third-order valence-electron chi connectivity index (χ3n) is 5.43. The zero-order valence-electron chi connectivity index (χ0n) is 14.7. The van der Waals surface area contributed by atoms with Crippen molar-refractivity contribution in [3.05, 3.63) is 46.3 Å². The standard InChI is InChI=1S/C19H26N4OS/c1-15-5-11-25-18(15)14-21-12-16(17(24)13-21)22-7-9-23(10-8-22)19-4-2-3-6-20-19/h2-6,11,16-17,24H,7-10,12-14H2,1H3/t16-,17-/m0/s1. The van der Waals surface area contributed by atoms with E-state index in [4.69, 9.17) is 0 Å². The molecule has 0 amide bonds. The van der Waals surface area contributed by atoms with Crippen LogP contribution in [0.15, 0.2) is 35.8 Å². The van der Waals surface area contributed by atoms with Crippen LogP contribution in [0.25, 0.3) is 0 Å². The molecule has 4 rings (SSSR count). The van der Waals surface area contributed by atoms with Crippen molar-refractivity contribution in [3.8, 4) is 0 Å². The van der Waals surface area contributed by atoms with E-state index in [1.165, 1.54) is 10.4 Å². The second kappa shape index (κ2) is 7.41. The van der Waals surface area contributed by atoms with Gasteiger partial charge in [0, 0.05) is 62.9 Å². The normalized spacial score (nSPS) is 25.6. The molecular formula is C19H26N4OS. The Morgan fingerprint density at radius 2 is 2.00 bits per heavy atom. The number of nitrogens with zero attached hydrogens (tertiary/aromatic N) is 4. The fourth-order valence-electron chi connectivity index (χ4n) is 3.93. The summed E-state index contributed by atoms with van der Waals surface area (Å²) in [5, 5.41) is 12.7. The topological polar surface area (TPSA) is 42.8 Å². The molecule has 6 heteroatoms. The minimum absolute atomic E-state index is 0.248. The van der Waals surface area contributed by atoms with E-state index in [0.717, 1.165) is 51.6 Å². The van der Waals surface area contributed by atoms with Gasteiger partial charge in [-0.1, -0.05) is 6.07 Å². The zero-order chi connectivity index (χ0) is 17.2. The number of likely N-dealkylation sites (tertiary alicyclic amines) is 1. The number of piperazine rings is 1. The molecule has 0 aliphatic carbocycles. The fourth-order valence-corrected chi connectivity index (χ4v) is 4.88. The molecule has 0 bridgehead atoms. The highest BCUT2D eigenvalue weighted by atomic mass is 32.1. The van der Waals surface area contributed by atoms with Crippen LogP contribution in [0.5, 0.6) is 0 Å². The predicted molar refractivity (Wildman–Crippen MR) is 102 cm³/mol. The second-order valence-electron chi connectivity index (χ2n) is 7.07. The summed E-state index contributed by atoms with van der Waals surface area (Å²) in [6, 6.07) is 8.51. The quantitative estimate of drug-likeness (QED) is 0.903. The van der Waals surface area contributed by atoms with Crippen molar-refractivity contribution in [3.63, 3.8) is 0 Å². The number of aliphatic hydroxyl groups is 1. The largest absolute Gasteiger partial charge is 0.390 e. The van der Waals surface area contributed by atoms with Gasteiger partial charge in [-0.2, -0.15) is 0 Å². The highest BCUT2D eigenvalue weighted by Gasteiger charge is 2.36. The van der Waals surface area contributed by atoms with Gasteiger partial charge in [-0.05, 0) is 36.1 Å². The average Bonchev–Trinajstić information content (AvgIpc) is 3.22. The van der Waals surface area contributed by atoms with E-state index >= 15 is 0 Å². The molecule has 0 saturated carbocycles. The van der Waals surface area contributed by atoms with Crippen molar-refractivity contribution in [1.29, 1.82) is 0 Å². The number of thiophene rings is 1. The van der Waals surface area contributed by atoms with Gasteiger partial charge in [0.1, 0.15) is 5.82 Å². The van der Waals surface area contributed by atoms with Crippen LogP contribution < -0.4 is 4.90 Å². The first-order chi connectivity index (χ1) is 12.2. The van der Waals surface area contributed by atoms with E-state index in [2.05, 4.69) is 44.1 Å². The molecule has 2 aliphatic heterocycles. The molecule has 2 aromatic heterocycles. The van der Waals surface area contributed by atoms with Crippen LogP contribution >= 0.6 is 11.3 Å². The van der Waals surface area contributed by atoms with Crippen LogP contribution in [-0.4, -0.2) is 71.3 Å². The summed E-state index contributed by atoms with van der Waals surface area (Å²) >= 11 is 1.82. The van der Waals surface area contributed by atoms with Gasteiger partial charge in [0.05, 0.1) is 6.10 Å². The van der Waals surface area contributed by atoms with Crippen LogP contribution in [0.3, 0.4) is 0 Å². The summed E-state index contributed by atoms with van der Waals surface area (Å²) in [5.41, 5.74) is 1.37. The zero-order valence-corrected chi connectivity index (χ0v) is 15.5. The molecule has 0 unspecified atom stereocenters. The molecule has 0 aromatic carbocycles. The highest BCUT2D eigenvalue weighted by molar-refractivity contribution is 7.10. The lowest BCUT2D eigenvalue weighted by molar-refractivity contribution is 0.0790. The number of aryl methyl sites for hydroxylation is 1. The van der Waals surface area contributed by atoms with Gasteiger partial charge in [0.2, 0.25) is 0 Å². The molecule has 0 spiro atoms. The maximum absolute atomic E-state index is 10.6. The van der Waals surface area contributed by atoms with Crippen molar-refractivity contribution in [2.45, 2.75) is 25.6 Å². The minimum Gasteiger partial charge on any atom is -0.390 e. The van der Waals surface area contributed by atoms with E-state index in [0.29, 0.717) is 0 Å². The summed E-state index contributed by atoms with van der Waals surface area (Å²) < 4.78 is 0. The molecule has 2 saturated heterocycles. The van der Waals surface area contributed by atoms with Crippen LogP contribution in [0.1, 0.15) is 10.4 Å². The third-order valence-corrected chi connectivity index (χ3v) is 6.43. The van der Waals surface area contributed by atoms with Gasteiger partial charge in [-0.3, -0.25) is 9.80 Å². The molecule has 25 heavy (non-hydrogen) atoms. The van der Waals surface area contributed by atoms with Crippen LogP contribution in [0.2, 0.25) is 0 Å². The molecule has 1 N–H and O–H groups in total. The van der Waals surface area contributed by atoms with Crippen molar-refractivity contribution in [2.24, 2.45) is 0 Å². The Morgan fingerprint density at radius 1 is 1.16 bits per heavy atom. The molecule has 2 fully saturated rings. The number of β-amino-alcohol motifs (C(OH)–C–C–N with tert-alkyl or cyclic N) is 1. The number of aromatic nitrogens is 1. The number of rotatable bonds is 4. The van der Waals surface area contributed by atoms with E-state index in [-0.39, 0.29) is 12.1 Å². The Morgan fingerprint density at radius 3 is 2.68 bits per heavy atom. The summed E-state index contributed by atoms with van der Waals surface area (Å²) in [7, 11) is 0. The lowest BCUT2D eigenvalue weighted by Gasteiger charge is -2.39. The van der Waals surface area contributed by atoms with Crippen molar-refractivity contribution < 1.29 is 5.11 Å².